The second-order valence-electron chi connectivity index (χ2n) is 6.69. The second-order valence-corrected chi connectivity index (χ2v) is 6.69. The number of alkyl halides is 3. The van der Waals surface area contributed by atoms with Gasteiger partial charge in [-0.05, 0) is 30.7 Å². The van der Waals surface area contributed by atoms with Gasteiger partial charge in [-0.3, -0.25) is 4.68 Å². The third-order valence-corrected chi connectivity index (χ3v) is 4.94. The van der Waals surface area contributed by atoms with E-state index in [1.807, 2.05) is 0 Å². The number of ether oxygens (including phenoxy) is 1. The summed E-state index contributed by atoms with van der Waals surface area (Å²) in [7, 11) is 0. The van der Waals surface area contributed by atoms with Crippen LogP contribution in [0.25, 0.3) is 11.3 Å². The van der Waals surface area contributed by atoms with Crippen molar-refractivity contribution in [1.82, 2.24) is 9.78 Å². The SMILES string of the molecule is O=C(O)c1oc2c(c1C(F)(F)F)-c1nn(CC3CCOCC3)cc1CC2. The maximum Gasteiger partial charge on any atom is 0.421 e. The molecular formula is C17H17F3N2O4. The van der Waals surface area contributed by atoms with Crippen molar-refractivity contribution < 1.29 is 32.2 Å². The first-order valence-electron chi connectivity index (χ1n) is 8.45. The van der Waals surface area contributed by atoms with Gasteiger partial charge in [0.15, 0.2) is 0 Å². The molecule has 1 N–H and O–H groups in total. The van der Waals surface area contributed by atoms with Crippen LogP contribution in [0.1, 0.15) is 40.3 Å². The fourth-order valence-corrected chi connectivity index (χ4v) is 3.72. The van der Waals surface area contributed by atoms with E-state index < -0.39 is 23.5 Å². The number of carboxylic acid groups (broad SMARTS) is 1. The van der Waals surface area contributed by atoms with Gasteiger partial charge >= 0.3 is 12.1 Å². The van der Waals surface area contributed by atoms with E-state index in [1.54, 1.807) is 10.9 Å². The maximum atomic E-state index is 13.5. The molecule has 0 spiro atoms. The molecule has 0 amide bonds. The van der Waals surface area contributed by atoms with Crippen molar-refractivity contribution in [3.05, 3.63) is 28.8 Å². The summed E-state index contributed by atoms with van der Waals surface area (Å²) >= 11 is 0. The zero-order valence-corrected chi connectivity index (χ0v) is 13.8. The highest BCUT2D eigenvalue weighted by Crippen LogP contribution is 2.46. The van der Waals surface area contributed by atoms with E-state index in [9.17, 15) is 18.0 Å². The Labute approximate surface area is 146 Å². The van der Waals surface area contributed by atoms with Crippen LogP contribution in [-0.2, 0) is 30.3 Å². The molecule has 0 radical (unpaired) electrons. The normalized spacial score (nSPS) is 17.8. The summed E-state index contributed by atoms with van der Waals surface area (Å²) in [6.07, 6.45) is -0.593. The first-order chi connectivity index (χ1) is 12.3. The molecule has 3 heterocycles. The number of aryl methyl sites for hydroxylation is 2. The van der Waals surface area contributed by atoms with E-state index in [2.05, 4.69) is 5.10 Å². The molecular weight excluding hydrogens is 353 g/mol. The van der Waals surface area contributed by atoms with Crippen LogP contribution in [0.3, 0.4) is 0 Å². The molecule has 1 fully saturated rings. The Morgan fingerprint density at radius 3 is 2.69 bits per heavy atom. The van der Waals surface area contributed by atoms with E-state index in [0.29, 0.717) is 37.7 Å². The zero-order valence-electron chi connectivity index (χ0n) is 13.8. The molecule has 0 atom stereocenters. The lowest BCUT2D eigenvalue weighted by atomic mass is 9.93. The summed E-state index contributed by atoms with van der Waals surface area (Å²) in [6, 6.07) is 0. The van der Waals surface area contributed by atoms with Gasteiger partial charge in [0.1, 0.15) is 11.3 Å². The van der Waals surface area contributed by atoms with Crippen molar-refractivity contribution in [2.24, 2.45) is 5.92 Å². The molecule has 1 aliphatic carbocycles. The predicted molar refractivity (Wildman–Crippen MR) is 82.8 cm³/mol. The summed E-state index contributed by atoms with van der Waals surface area (Å²) in [4.78, 5) is 11.2. The molecule has 0 unspecified atom stereocenters. The summed E-state index contributed by atoms with van der Waals surface area (Å²) in [6.45, 7) is 1.96. The largest absolute Gasteiger partial charge is 0.475 e. The summed E-state index contributed by atoms with van der Waals surface area (Å²) < 4.78 is 52.6. The number of nitrogens with zero attached hydrogens (tertiary/aromatic N) is 2. The third kappa shape index (κ3) is 2.90. The van der Waals surface area contributed by atoms with E-state index in [4.69, 9.17) is 14.3 Å². The van der Waals surface area contributed by atoms with Crippen molar-refractivity contribution in [1.29, 1.82) is 0 Å². The molecule has 4 rings (SSSR count). The molecule has 0 saturated carbocycles. The van der Waals surface area contributed by atoms with E-state index in [1.165, 1.54) is 0 Å². The van der Waals surface area contributed by atoms with Crippen molar-refractivity contribution in [2.45, 2.75) is 38.4 Å². The zero-order chi connectivity index (χ0) is 18.5. The van der Waals surface area contributed by atoms with Gasteiger partial charge in [-0.2, -0.15) is 18.3 Å². The summed E-state index contributed by atoms with van der Waals surface area (Å²) in [5.41, 5.74) is -0.589. The number of halogens is 3. The topological polar surface area (TPSA) is 77.5 Å². The van der Waals surface area contributed by atoms with Gasteiger partial charge in [0.05, 0.1) is 11.3 Å². The number of furan rings is 1. The van der Waals surface area contributed by atoms with Crippen molar-refractivity contribution in [3.8, 4) is 11.3 Å². The predicted octanol–water partition coefficient (Wildman–Crippen LogP) is 3.39. The number of hydrogen-bond acceptors (Lipinski definition) is 4. The summed E-state index contributed by atoms with van der Waals surface area (Å²) in [5.74, 6) is -2.38. The Balaban J connectivity index is 1.75. The Hall–Kier alpha value is -2.29. The first kappa shape index (κ1) is 17.1. The standard InChI is InChI=1S/C17H17F3N2O4/c18-17(19,20)13-12-11(26-15(13)16(23)24)2-1-10-8-22(21-14(10)12)7-9-3-5-25-6-4-9/h8-9H,1-7H2,(H,23,24). The highest BCUT2D eigenvalue weighted by atomic mass is 19.4. The van der Waals surface area contributed by atoms with Crippen LogP contribution in [0.15, 0.2) is 10.6 Å². The minimum Gasteiger partial charge on any atom is -0.475 e. The van der Waals surface area contributed by atoms with Crippen LogP contribution in [-0.4, -0.2) is 34.1 Å². The van der Waals surface area contributed by atoms with Gasteiger partial charge in [0, 0.05) is 32.4 Å². The van der Waals surface area contributed by atoms with Gasteiger partial charge in [0.25, 0.3) is 0 Å². The molecule has 6 nitrogen and oxygen atoms in total. The number of aromatic carboxylic acids is 1. The number of carboxylic acids is 1. The fraction of sp³-hybridized carbons (Fsp3) is 0.529. The maximum absolute atomic E-state index is 13.5. The molecule has 2 aliphatic rings. The Morgan fingerprint density at radius 2 is 2.04 bits per heavy atom. The van der Waals surface area contributed by atoms with E-state index >= 15 is 0 Å². The average molecular weight is 370 g/mol. The third-order valence-electron chi connectivity index (χ3n) is 4.94. The number of carbonyl (C=O) groups is 1. The molecule has 140 valence electrons. The Bertz CT molecular complexity index is 847. The van der Waals surface area contributed by atoms with Crippen LogP contribution < -0.4 is 0 Å². The number of hydrogen-bond donors (Lipinski definition) is 1. The van der Waals surface area contributed by atoms with Crippen molar-refractivity contribution in [3.63, 3.8) is 0 Å². The minimum atomic E-state index is -4.83. The smallest absolute Gasteiger partial charge is 0.421 e. The van der Waals surface area contributed by atoms with Crippen LogP contribution in [0, 0.1) is 5.92 Å². The van der Waals surface area contributed by atoms with Crippen LogP contribution in [0.2, 0.25) is 0 Å². The van der Waals surface area contributed by atoms with Crippen molar-refractivity contribution in [2.75, 3.05) is 13.2 Å². The quantitative estimate of drug-likeness (QED) is 0.896. The Kier molecular flexibility index (Phi) is 4.06. The first-order valence-corrected chi connectivity index (χ1v) is 8.45. The van der Waals surface area contributed by atoms with Gasteiger partial charge in [-0.25, -0.2) is 4.79 Å². The van der Waals surface area contributed by atoms with Gasteiger partial charge in [0.2, 0.25) is 5.76 Å². The molecule has 2 aromatic heterocycles. The number of aromatic nitrogens is 2. The molecule has 9 heteroatoms. The lowest BCUT2D eigenvalue weighted by Crippen LogP contribution is -2.20. The van der Waals surface area contributed by atoms with Crippen LogP contribution in [0.4, 0.5) is 13.2 Å². The molecule has 0 bridgehead atoms. The van der Waals surface area contributed by atoms with Crippen molar-refractivity contribution >= 4 is 5.97 Å². The molecule has 26 heavy (non-hydrogen) atoms. The molecule has 1 saturated heterocycles. The summed E-state index contributed by atoms with van der Waals surface area (Å²) in [5, 5.41) is 13.5. The van der Waals surface area contributed by atoms with Gasteiger partial charge in [-0.15, -0.1) is 0 Å². The minimum absolute atomic E-state index is 0.0403. The monoisotopic (exact) mass is 370 g/mol. The number of fused-ring (bicyclic) bond motifs is 3. The van der Waals surface area contributed by atoms with Crippen LogP contribution >= 0.6 is 0 Å². The fourth-order valence-electron chi connectivity index (χ4n) is 3.72. The lowest BCUT2D eigenvalue weighted by molar-refractivity contribution is -0.138. The number of rotatable bonds is 3. The highest BCUT2D eigenvalue weighted by molar-refractivity contribution is 5.90. The second kappa shape index (κ2) is 6.15. The highest BCUT2D eigenvalue weighted by Gasteiger charge is 2.45. The van der Waals surface area contributed by atoms with Gasteiger partial charge < -0.3 is 14.3 Å². The lowest BCUT2D eigenvalue weighted by Gasteiger charge is -2.21. The van der Waals surface area contributed by atoms with Crippen LogP contribution in [0.5, 0.6) is 0 Å². The average Bonchev–Trinajstić information content (AvgIpc) is 3.15. The van der Waals surface area contributed by atoms with E-state index in [0.717, 1.165) is 12.8 Å². The van der Waals surface area contributed by atoms with E-state index in [-0.39, 0.29) is 23.4 Å². The van der Waals surface area contributed by atoms with Gasteiger partial charge in [-0.1, -0.05) is 0 Å². The molecule has 2 aromatic rings. The molecule has 0 aromatic carbocycles. The molecule has 1 aliphatic heterocycles. The Morgan fingerprint density at radius 1 is 1.31 bits per heavy atom.